The molecule has 130 valence electrons. The molecule has 4 nitrogen and oxygen atoms in total. The van der Waals surface area contributed by atoms with Crippen LogP contribution in [0.15, 0.2) is 60.7 Å². The van der Waals surface area contributed by atoms with Gasteiger partial charge in [-0.2, -0.15) is 0 Å². The van der Waals surface area contributed by atoms with Gasteiger partial charge in [0.15, 0.2) is 5.82 Å². The average molecular weight is 342 g/mol. The summed E-state index contributed by atoms with van der Waals surface area (Å²) in [6, 6.07) is 20.6. The van der Waals surface area contributed by atoms with Gasteiger partial charge in [0.25, 0.3) is 0 Å². The van der Waals surface area contributed by atoms with Gasteiger partial charge in [-0.25, -0.2) is 9.97 Å². The van der Waals surface area contributed by atoms with Gasteiger partial charge in [-0.05, 0) is 31.9 Å². The lowest BCUT2D eigenvalue weighted by atomic mass is 10.1. The fraction of sp³-hybridized carbons (Fsp3) is 0.182. The lowest BCUT2D eigenvalue weighted by Crippen LogP contribution is -2.10. The Kier molecular flexibility index (Phi) is 3.96. The van der Waals surface area contributed by atoms with Crippen molar-refractivity contribution in [1.29, 1.82) is 0 Å². The average Bonchev–Trinajstić information content (AvgIpc) is 2.93. The van der Waals surface area contributed by atoms with E-state index in [1.165, 1.54) is 11.3 Å². The maximum atomic E-state index is 6.35. The molecule has 2 heterocycles. The number of nitrogens with two attached hydrogens (primary N) is 1. The Morgan fingerprint density at radius 1 is 0.885 bits per heavy atom. The second-order valence-electron chi connectivity index (χ2n) is 6.66. The first-order chi connectivity index (χ1) is 12.6. The van der Waals surface area contributed by atoms with E-state index in [2.05, 4.69) is 54.6 Å². The van der Waals surface area contributed by atoms with Crippen molar-refractivity contribution in [2.75, 3.05) is 5.73 Å². The molecule has 26 heavy (non-hydrogen) atoms. The fourth-order valence-corrected chi connectivity index (χ4v) is 3.59. The summed E-state index contributed by atoms with van der Waals surface area (Å²) in [5, 5.41) is 0.949. The largest absolute Gasteiger partial charge is 0.383 e. The second kappa shape index (κ2) is 6.30. The number of fused-ring (bicyclic) bond motifs is 1. The predicted octanol–water partition coefficient (Wildman–Crippen LogP) is 4.91. The van der Waals surface area contributed by atoms with Gasteiger partial charge in [-0.1, -0.05) is 60.7 Å². The SMILES string of the molecule is Cc1c(C)n([C@H](C)c2ccccc2)c2nc(-c3ccccc3)nc(N)c12. The smallest absolute Gasteiger partial charge is 0.163 e. The summed E-state index contributed by atoms with van der Waals surface area (Å²) < 4.78 is 2.27. The quantitative estimate of drug-likeness (QED) is 0.576. The van der Waals surface area contributed by atoms with Gasteiger partial charge in [0.05, 0.1) is 11.4 Å². The van der Waals surface area contributed by atoms with Gasteiger partial charge in [0.1, 0.15) is 11.5 Å². The van der Waals surface area contributed by atoms with Crippen molar-refractivity contribution in [2.45, 2.75) is 26.8 Å². The number of benzene rings is 2. The molecule has 0 saturated carbocycles. The molecule has 0 fully saturated rings. The van der Waals surface area contributed by atoms with E-state index >= 15 is 0 Å². The highest BCUT2D eigenvalue weighted by Gasteiger charge is 2.21. The van der Waals surface area contributed by atoms with Gasteiger partial charge >= 0.3 is 0 Å². The number of nitrogen functional groups attached to an aromatic ring is 1. The molecule has 0 radical (unpaired) electrons. The molecule has 2 aromatic carbocycles. The van der Waals surface area contributed by atoms with Crippen molar-refractivity contribution in [2.24, 2.45) is 0 Å². The Labute approximate surface area is 153 Å². The topological polar surface area (TPSA) is 56.7 Å². The summed E-state index contributed by atoms with van der Waals surface area (Å²) in [5.41, 5.74) is 11.8. The van der Waals surface area contributed by atoms with E-state index in [4.69, 9.17) is 10.7 Å². The molecule has 0 aliphatic heterocycles. The van der Waals surface area contributed by atoms with Crippen LogP contribution in [0.2, 0.25) is 0 Å². The lowest BCUT2D eigenvalue weighted by Gasteiger charge is -2.18. The Balaban J connectivity index is 1.98. The lowest BCUT2D eigenvalue weighted by molar-refractivity contribution is 0.639. The number of nitrogens with zero attached hydrogens (tertiary/aromatic N) is 3. The molecule has 4 heteroatoms. The summed E-state index contributed by atoms with van der Waals surface area (Å²) >= 11 is 0. The number of hydrogen-bond donors (Lipinski definition) is 1. The zero-order chi connectivity index (χ0) is 18.3. The number of hydrogen-bond acceptors (Lipinski definition) is 3. The standard InChI is InChI=1S/C22H22N4/c1-14-15(2)26(16(3)17-10-6-4-7-11-17)22-19(14)20(23)24-21(25-22)18-12-8-5-9-13-18/h4-13,16H,1-3H3,(H2,23,24,25)/t16-/m1/s1. The first kappa shape index (κ1) is 16.3. The Morgan fingerprint density at radius 3 is 2.15 bits per heavy atom. The highest BCUT2D eigenvalue weighted by molar-refractivity contribution is 5.92. The van der Waals surface area contributed by atoms with Crippen molar-refractivity contribution in [3.63, 3.8) is 0 Å². The van der Waals surface area contributed by atoms with Crippen LogP contribution in [0.4, 0.5) is 5.82 Å². The second-order valence-corrected chi connectivity index (χ2v) is 6.66. The first-order valence-electron chi connectivity index (χ1n) is 8.83. The Morgan fingerprint density at radius 2 is 1.50 bits per heavy atom. The van der Waals surface area contributed by atoms with Crippen molar-refractivity contribution < 1.29 is 0 Å². The number of aromatic nitrogens is 3. The maximum Gasteiger partial charge on any atom is 0.163 e. The van der Waals surface area contributed by atoms with Crippen molar-refractivity contribution in [3.8, 4) is 11.4 Å². The molecule has 4 rings (SSSR count). The van der Waals surface area contributed by atoms with Crippen LogP contribution >= 0.6 is 0 Å². The number of rotatable bonds is 3. The van der Waals surface area contributed by atoms with Crippen molar-refractivity contribution in [3.05, 3.63) is 77.5 Å². The Hall–Kier alpha value is -3.14. The zero-order valence-electron chi connectivity index (χ0n) is 15.3. The van der Waals surface area contributed by atoms with Crippen LogP contribution in [-0.2, 0) is 0 Å². The molecule has 0 aliphatic rings. The van der Waals surface area contributed by atoms with E-state index < -0.39 is 0 Å². The number of aryl methyl sites for hydroxylation is 1. The summed E-state index contributed by atoms with van der Waals surface area (Å²) in [4.78, 5) is 9.48. The van der Waals surface area contributed by atoms with Gasteiger partial charge in [0, 0.05) is 11.3 Å². The summed E-state index contributed by atoms with van der Waals surface area (Å²) in [7, 11) is 0. The summed E-state index contributed by atoms with van der Waals surface area (Å²) in [6.07, 6.45) is 0. The highest BCUT2D eigenvalue weighted by Crippen LogP contribution is 2.34. The molecule has 0 saturated heterocycles. The van der Waals surface area contributed by atoms with Gasteiger partial charge in [-0.15, -0.1) is 0 Å². The molecule has 2 N–H and O–H groups in total. The van der Waals surface area contributed by atoms with Gasteiger partial charge in [0.2, 0.25) is 0 Å². The molecule has 2 aromatic heterocycles. The van der Waals surface area contributed by atoms with E-state index in [1.54, 1.807) is 0 Å². The number of anilines is 1. The first-order valence-corrected chi connectivity index (χ1v) is 8.83. The van der Waals surface area contributed by atoms with E-state index in [0.29, 0.717) is 11.6 Å². The van der Waals surface area contributed by atoms with Crippen LogP contribution in [0.1, 0.15) is 29.8 Å². The van der Waals surface area contributed by atoms with Crippen molar-refractivity contribution >= 4 is 16.9 Å². The molecule has 0 bridgehead atoms. The highest BCUT2D eigenvalue weighted by atomic mass is 15.1. The van der Waals surface area contributed by atoms with Crippen LogP contribution < -0.4 is 5.73 Å². The summed E-state index contributed by atoms with van der Waals surface area (Å²) in [5.74, 6) is 1.20. The third-order valence-corrected chi connectivity index (χ3v) is 5.13. The van der Waals surface area contributed by atoms with Crippen LogP contribution in [0.25, 0.3) is 22.4 Å². The Bertz CT molecular complexity index is 1070. The van der Waals surface area contributed by atoms with E-state index in [-0.39, 0.29) is 6.04 Å². The third kappa shape index (κ3) is 2.54. The van der Waals surface area contributed by atoms with Crippen LogP contribution in [0.3, 0.4) is 0 Å². The zero-order valence-corrected chi connectivity index (χ0v) is 15.3. The molecular weight excluding hydrogens is 320 g/mol. The van der Waals surface area contributed by atoms with Crippen LogP contribution in [0, 0.1) is 13.8 Å². The fourth-order valence-electron chi connectivity index (χ4n) is 3.59. The molecule has 0 unspecified atom stereocenters. The van der Waals surface area contributed by atoms with Gasteiger partial charge in [-0.3, -0.25) is 0 Å². The minimum atomic E-state index is 0.158. The minimum Gasteiger partial charge on any atom is -0.383 e. The normalized spacial score (nSPS) is 12.4. The van der Waals surface area contributed by atoms with E-state index in [1.807, 2.05) is 36.4 Å². The minimum absolute atomic E-state index is 0.158. The van der Waals surface area contributed by atoms with Crippen LogP contribution in [-0.4, -0.2) is 14.5 Å². The molecular formula is C22H22N4. The molecule has 0 aliphatic carbocycles. The molecule has 1 atom stereocenters. The predicted molar refractivity (Wildman–Crippen MR) is 107 cm³/mol. The van der Waals surface area contributed by atoms with E-state index in [9.17, 15) is 0 Å². The van der Waals surface area contributed by atoms with Crippen molar-refractivity contribution in [1.82, 2.24) is 14.5 Å². The monoisotopic (exact) mass is 342 g/mol. The molecule has 4 aromatic rings. The molecule has 0 amide bonds. The summed E-state index contributed by atoms with van der Waals surface area (Å²) in [6.45, 7) is 6.41. The maximum absolute atomic E-state index is 6.35. The van der Waals surface area contributed by atoms with Gasteiger partial charge < -0.3 is 10.3 Å². The third-order valence-electron chi connectivity index (χ3n) is 5.13. The van der Waals surface area contributed by atoms with Crippen LogP contribution in [0.5, 0.6) is 0 Å². The van der Waals surface area contributed by atoms with E-state index in [0.717, 1.165) is 22.2 Å². The molecule has 0 spiro atoms.